The summed E-state index contributed by atoms with van der Waals surface area (Å²) in [7, 11) is 5.51. The molecule has 1 saturated heterocycles. The Bertz CT molecular complexity index is 1110. The molecule has 4 rings (SSSR count). The standard InChI is InChI=1S/C23H25BrN4O3/c1-27(2)21-14-19(25-22-16(21)12-15(30-3)13-17(22)24)23(29)26-18-6-4-5-7-20(18)28-8-10-31-11-9-28/h4-7,12-14H,8-11H2,1-3H3,(H,26,29). The molecule has 31 heavy (non-hydrogen) atoms. The molecule has 1 aromatic heterocycles. The topological polar surface area (TPSA) is 66.9 Å². The zero-order valence-corrected chi connectivity index (χ0v) is 19.4. The SMILES string of the molecule is COc1cc(Br)c2nc(C(=O)Nc3ccccc3N3CCOCC3)cc(N(C)C)c2c1. The molecule has 3 aromatic rings. The lowest BCUT2D eigenvalue weighted by molar-refractivity contribution is 0.102. The van der Waals surface area contributed by atoms with Crippen LogP contribution >= 0.6 is 15.9 Å². The van der Waals surface area contributed by atoms with Crippen molar-refractivity contribution >= 4 is 49.8 Å². The Labute approximate surface area is 190 Å². The molecule has 0 unspecified atom stereocenters. The summed E-state index contributed by atoms with van der Waals surface area (Å²) >= 11 is 3.57. The molecule has 0 spiro atoms. The number of benzene rings is 2. The van der Waals surface area contributed by atoms with Crippen molar-refractivity contribution in [2.75, 3.05) is 62.6 Å². The lowest BCUT2D eigenvalue weighted by Crippen LogP contribution is -2.36. The average molecular weight is 485 g/mol. The lowest BCUT2D eigenvalue weighted by Gasteiger charge is -2.30. The predicted molar refractivity (Wildman–Crippen MR) is 128 cm³/mol. The van der Waals surface area contributed by atoms with Crippen molar-refractivity contribution < 1.29 is 14.3 Å². The molecule has 1 N–H and O–H groups in total. The van der Waals surface area contributed by atoms with E-state index < -0.39 is 0 Å². The molecule has 0 bridgehead atoms. The second-order valence-corrected chi connectivity index (χ2v) is 8.35. The Kier molecular flexibility index (Phi) is 6.29. The van der Waals surface area contributed by atoms with Crippen LogP contribution in [0.25, 0.3) is 10.9 Å². The number of halogens is 1. The van der Waals surface area contributed by atoms with E-state index in [0.29, 0.717) is 24.4 Å². The van der Waals surface area contributed by atoms with E-state index in [1.807, 2.05) is 55.4 Å². The molecule has 0 radical (unpaired) electrons. The first kappa shape index (κ1) is 21.4. The first-order chi connectivity index (χ1) is 15.0. The number of carbonyl (C=O) groups is 1. The fourth-order valence-corrected chi connectivity index (χ4v) is 4.22. The summed E-state index contributed by atoms with van der Waals surface area (Å²) in [6.45, 7) is 2.94. The van der Waals surface area contributed by atoms with Crippen molar-refractivity contribution in [1.29, 1.82) is 0 Å². The Balaban J connectivity index is 1.71. The highest BCUT2D eigenvalue weighted by atomic mass is 79.9. The number of nitrogens with zero attached hydrogens (tertiary/aromatic N) is 3. The summed E-state index contributed by atoms with van der Waals surface area (Å²) in [4.78, 5) is 22.1. The molecule has 1 aliphatic rings. The minimum atomic E-state index is -0.256. The third-order valence-corrected chi connectivity index (χ3v) is 5.88. The van der Waals surface area contributed by atoms with Crippen molar-refractivity contribution in [1.82, 2.24) is 4.98 Å². The van der Waals surface area contributed by atoms with Gasteiger partial charge in [0, 0.05) is 42.7 Å². The fraction of sp³-hybridized carbons (Fsp3) is 0.304. The smallest absolute Gasteiger partial charge is 0.274 e. The van der Waals surface area contributed by atoms with Gasteiger partial charge >= 0.3 is 0 Å². The van der Waals surface area contributed by atoms with Crippen molar-refractivity contribution in [3.05, 3.63) is 52.6 Å². The predicted octanol–water partition coefficient (Wildman–Crippen LogP) is 4.16. The zero-order valence-electron chi connectivity index (χ0n) is 17.8. The third-order valence-electron chi connectivity index (χ3n) is 5.27. The monoisotopic (exact) mass is 484 g/mol. The van der Waals surface area contributed by atoms with Gasteiger partial charge in [-0.25, -0.2) is 4.98 Å². The van der Waals surface area contributed by atoms with Gasteiger partial charge in [0.1, 0.15) is 11.4 Å². The molecule has 0 saturated carbocycles. The molecule has 1 aliphatic heterocycles. The number of fused-ring (bicyclic) bond motifs is 1. The van der Waals surface area contributed by atoms with E-state index >= 15 is 0 Å². The maximum Gasteiger partial charge on any atom is 0.274 e. The largest absolute Gasteiger partial charge is 0.497 e. The van der Waals surface area contributed by atoms with Gasteiger partial charge in [-0.15, -0.1) is 0 Å². The number of hydrogen-bond donors (Lipinski definition) is 1. The molecule has 162 valence electrons. The van der Waals surface area contributed by atoms with E-state index in [4.69, 9.17) is 9.47 Å². The van der Waals surface area contributed by atoms with Crippen molar-refractivity contribution in [2.24, 2.45) is 0 Å². The van der Waals surface area contributed by atoms with Crippen LogP contribution in [0.1, 0.15) is 10.5 Å². The summed E-state index contributed by atoms with van der Waals surface area (Å²) in [6.07, 6.45) is 0. The van der Waals surface area contributed by atoms with Crippen LogP contribution in [-0.2, 0) is 4.74 Å². The van der Waals surface area contributed by atoms with Gasteiger partial charge in [0.05, 0.1) is 37.2 Å². The summed E-state index contributed by atoms with van der Waals surface area (Å²) in [5, 5.41) is 3.96. The van der Waals surface area contributed by atoms with Crippen molar-refractivity contribution in [3.63, 3.8) is 0 Å². The van der Waals surface area contributed by atoms with Crippen LogP contribution in [0.2, 0.25) is 0 Å². The lowest BCUT2D eigenvalue weighted by atomic mass is 10.1. The van der Waals surface area contributed by atoms with E-state index in [1.165, 1.54) is 0 Å². The zero-order chi connectivity index (χ0) is 22.0. The fourth-order valence-electron chi connectivity index (χ4n) is 3.69. The van der Waals surface area contributed by atoms with Crippen LogP contribution in [0, 0.1) is 0 Å². The highest BCUT2D eigenvalue weighted by molar-refractivity contribution is 9.10. The van der Waals surface area contributed by atoms with Gasteiger partial charge in [-0.05, 0) is 46.3 Å². The van der Waals surface area contributed by atoms with Gasteiger partial charge in [0.15, 0.2) is 0 Å². The molecular weight excluding hydrogens is 460 g/mol. The third kappa shape index (κ3) is 4.45. The Morgan fingerprint density at radius 2 is 1.94 bits per heavy atom. The quantitative estimate of drug-likeness (QED) is 0.586. The van der Waals surface area contributed by atoms with Crippen molar-refractivity contribution in [3.8, 4) is 5.75 Å². The van der Waals surface area contributed by atoms with Crippen LogP contribution in [0.4, 0.5) is 17.1 Å². The normalized spacial score (nSPS) is 13.9. The van der Waals surface area contributed by atoms with E-state index in [1.54, 1.807) is 13.2 Å². The molecule has 2 aromatic carbocycles. The number of nitrogens with one attached hydrogen (secondary N) is 1. The maximum atomic E-state index is 13.2. The van der Waals surface area contributed by atoms with Crippen LogP contribution in [0.3, 0.4) is 0 Å². The first-order valence-electron chi connectivity index (χ1n) is 10.1. The molecule has 1 amide bonds. The second-order valence-electron chi connectivity index (χ2n) is 7.50. The van der Waals surface area contributed by atoms with E-state index in [0.717, 1.165) is 45.8 Å². The van der Waals surface area contributed by atoms with Gasteiger partial charge in [0.2, 0.25) is 0 Å². The summed E-state index contributed by atoms with van der Waals surface area (Å²) < 4.78 is 11.6. The van der Waals surface area contributed by atoms with E-state index in [2.05, 4.69) is 31.1 Å². The molecular formula is C23H25BrN4O3. The number of hydrogen-bond acceptors (Lipinski definition) is 6. The highest BCUT2D eigenvalue weighted by Gasteiger charge is 2.19. The summed E-state index contributed by atoms with van der Waals surface area (Å²) in [6, 6.07) is 13.4. The average Bonchev–Trinajstić information content (AvgIpc) is 2.79. The van der Waals surface area contributed by atoms with Gasteiger partial charge in [-0.3, -0.25) is 4.79 Å². The molecule has 7 nitrogen and oxygen atoms in total. The summed E-state index contributed by atoms with van der Waals surface area (Å²) in [5.74, 6) is 0.467. The van der Waals surface area contributed by atoms with Crippen LogP contribution in [-0.4, -0.2) is 58.4 Å². The Hall–Kier alpha value is -2.84. The molecule has 0 aliphatic carbocycles. The van der Waals surface area contributed by atoms with E-state index in [9.17, 15) is 4.79 Å². The number of rotatable bonds is 5. The number of aromatic nitrogens is 1. The second kappa shape index (κ2) is 9.11. The van der Waals surface area contributed by atoms with E-state index in [-0.39, 0.29) is 5.91 Å². The highest BCUT2D eigenvalue weighted by Crippen LogP contribution is 2.35. The number of amides is 1. The number of ether oxygens (including phenoxy) is 2. The van der Waals surface area contributed by atoms with Crippen molar-refractivity contribution in [2.45, 2.75) is 0 Å². The first-order valence-corrected chi connectivity index (χ1v) is 10.9. The number of pyridine rings is 1. The number of para-hydroxylation sites is 2. The van der Waals surface area contributed by atoms with Gasteiger partial charge in [-0.1, -0.05) is 12.1 Å². The van der Waals surface area contributed by atoms with Gasteiger partial charge in [-0.2, -0.15) is 0 Å². The molecule has 1 fully saturated rings. The van der Waals surface area contributed by atoms with Gasteiger partial charge in [0.25, 0.3) is 5.91 Å². The van der Waals surface area contributed by atoms with Crippen LogP contribution < -0.4 is 19.9 Å². The minimum Gasteiger partial charge on any atom is -0.497 e. The minimum absolute atomic E-state index is 0.256. The van der Waals surface area contributed by atoms with Gasteiger partial charge < -0.3 is 24.6 Å². The number of carbonyl (C=O) groups excluding carboxylic acids is 1. The molecule has 0 atom stereocenters. The Morgan fingerprint density at radius 3 is 2.65 bits per heavy atom. The number of anilines is 3. The number of methoxy groups -OCH3 is 1. The number of morpholine rings is 1. The molecule has 8 heteroatoms. The maximum absolute atomic E-state index is 13.2. The Morgan fingerprint density at radius 1 is 1.19 bits per heavy atom. The summed E-state index contributed by atoms with van der Waals surface area (Å²) in [5.41, 5.74) is 3.68. The van der Waals surface area contributed by atoms with Crippen LogP contribution in [0.5, 0.6) is 5.75 Å². The molecule has 2 heterocycles. The van der Waals surface area contributed by atoms with Crippen LogP contribution in [0.15, 0.2) is 46.9 Å².